The SMILES string of the molecule is O=C(Nc1ccccc1I)c1ccnc(F)c1F. The molecule has 1 aromatic heterocycles. The Kier molecular flexibility index (Phi) is 3.85. The molecule has 0 bridgehead atoms. The molecule has 2 rings (SSSR count). The molecule has 1 heterocycles. The second kappa shape index (κ2) is 5.38. The molecule has 0 fully saturated rings. The Labute approximate surface area is 115 Å². The normalized spacial score (nSPS) is 10.2. The lowest BCUT2D eigenvalue weighted by atomic mass is 10.2. The maximum absolute atomic E-state index is 13.4. The van der Waals surface area contributed by atoms with Crippen LogP contribution >= 0.6 is 22.6 Å². The van der Waals surface area contributed by atoms with Gasteiger partial charge in [0.25, 0.3) is 5.91 Å². The molecule has 0 radical (unpaired) electrons. The molecule has 0 spiro atoms. The third-order valence-electron chi connectivity index (χ3n) is 2.21. The van der Waals surface area contributed by atoms with Crippen LogP contribution < -0.4 is 5.32 Å². The van der Waals surface area contributed by atoms with E-state index < -0.39 is 17.7 Å². The summed E-state index contributed by atoms with van der Waals surface area (Å²) in [6, 6.07) is 8.14. The van der Waals surface area contributed by atoms with Crippen LogP contribution in [0.2, 0.25) is 0 Å². The number of hydrogen-bond acceptors (Lipinski definition) is 2. The van der Waals surface area contributed by atoms with Crippen molar-refractivity contribution in [1.29, 1.82) is 0 Å². The van der Waals surface area contributed by atoms with Gasteiger partial charge in [-0.1, -0.05) is 12.1 Å². The van der Waals surface area contributed by atoms with Gasteiger partial charge in [0.2, 0.25) is 5.95 Å². The first-order chi connectivity index (χ1) is 8.59. The second-order valence-corrected chi connectivity index (χ2v) is 4.56. The number of carbonyl (C=O) groups is 1. The van der Waals surface area contributed by atoms with Gasteiger partial charge in [0.1, 0.15) is 0 Å². The molecule has 0 aliphatic heterocycles. The van der Waals surface area contributed by atoms with Gasteiger partial charge in [-0.15, -0.1) is 0 Å². The summed E-state index contributed by atoms with van der Waals surface area (Å²) in [5.41, 5.74) is 0.168. The monoisotopic (exact) mass is 360 g/mol. The standard InChI is InChI=1S/C12H7F2IN2O/c13-10-7(5-6-16-11(10)14)12(18)17-9-4-2-1-3-8(9)15/h1-6H,(H,17,18). The molecule has 6 heteroatoms. The van der Waals surface area contributed by atoms with Crippen LogP contribution in [0.5, 0.6) is 0 Å². The summed E-state index contributed by atoms with van der Waals surface area (Å²) >= 11 is 2.03. The summed E-state index contributed by atoms with van der Waals surface area (Å²) in [4.78, 5) is 14.9. The number of para-hydroxylation sites is 1. The molecule has 2 aromatic rings. The smallest absolute Gasteiger partial charge is 0.258 e. The molecule has 18 heavy (non-hydrogen) atoms. The van der Waals surface area contributed by atoms with E-state index in [1.165, 1.54) is 0 Å². The summed E-state index contributed by atoms with van der Waals surface area (Å²) in [6.45, 7) is 0. The molecule has 1 aromatic carbocycles. The molecule has 1 amide bonds. The van der Waals surface area contributed by atoms with Crippen molar-refractivity contribution in [3.8, 4) is 0 Å². The van der Waals surface area contributed by atoms with Gasteiger partial charge in [0, 0.05) is 9.77 Å². The Morgan fingerprint density at radius 3 is 2.67 bits per heavy atom. The van der Waals surface area contributed by atoms with Crippen LogP contribution in [0.25, 0.3) is 0 Å². The van der Waals surface area contributed by atoms with E-state index in [2.05, 4.69) is 10.3 Å². The molecule has 1 N–H and O–H groups in total. The third-order valence-corrected chi connectivity index (χ3v) is 3.15. The quantitative estimate of drug-likeness (QED) is 0.660. The zero-order valence-electron chi connectivity index (χ0n) is 8.95. The highest BCUT2D eigenvalue weighted by atomic mass is 127. The van der Waals surface area contributed by atoms with Crippen molar-refractivity contribution in [3.05, 3.63) is 57.4 Å². The van der Waals surface area contributed by atoms with Crippen LogP contribution in [0.4, 0.5) is 14.5 Å². The van der Waals surface area contributed by atoms with E-state index in [4.69, 9.17) is 0 Å². The molecular formula is C12H7F2IN2O. The molecule has 0 unspecified atom stereocenters. The number of pyridine rings is 1. The fourth-order valence-electron chi connectivity index (χ4n) is 1.35. The van der Waals surface area contributed by atoms with Gasteiger partial charge < -0.3 is 5.32 Å². The van der Waals surface area contributed by atoms with E-state index in [-0.39, 0.29) is 5.56 Å². The predicted octanol–water partition coefficient (Wildman–Crippen LogP) is 3.22. The predicted molar refractivity (Wildman–Crippen MR) is 71.3 cm³/mol. The van der Waals surface area contributed by atoms with E-state index in [1.54, 1.807) is 18.2 Å². The molecule has 3 nitrogen and oxygen atoms in total. The van der Waals surface area contributed by atoms with Crippen molar-refractivity contribution in [1.82, 2.24) is 4.98 Å². The van der Waals surface area contributed by atoms with Crippen LogP contribution in [0.15, 0.2) is 36.5 Å². The van der Waals surface area contributed by atoms with E-state index in [9.17, 15) is 13.6 Å². The van der Waals surface area contributed by atoms with Gasteiger partial charge in [-0.2, -0.15) is 4.39 Å². The minimum atomic E-state index is -1.29. The second-order valence-electron chi connectivity index (χ2n) is 3.40. The van der Waals surface area contributed by atoms with Gasteiger partial charge >= 0.3 is 0 Å². The van der Waals surface area contributed by atoms with Gasteiger partial charge in [0.15, 0.2) is 5.82 Å². The summed E-state index contributed by atoms with van der Waals surface area (Å²) in [6.07, 6.45) is 1.04. The fourth-order valence-corrected chi connectivity index (χ4v) is 1.87. The minimum Gasteiger partial charge on any atom is -0.321 e. The Morgan fingerprint density at radius 1 is 1.22 bits per heavy atom. The molecule has 0 aliphatic carbocycles. The van der Waals surface area contributed by atoms with Crippen LogP contribution in [0.3, 0.4) is 0 Å². The zero-order valence-corrected chi connectivity index (χ0v) is 11.1. The Hall–Kier alpha value is -1.57. The van der Waals surface area contributed by atoms with Crippen LogP contribution in [-0.2, 0) is 0 Å². The number of hydrogen-bond donors (Lipinski definition) is 1. The first-order valence-electron chi connectivity index (χ1n) is 4.95. The molecule has 0 saturated heterocycles. The number of rotatable bonds is 2. The number of amides is 1. The van der Waals surface area contributed by atoms with Crippen molar-refractivity contribution in [2.75, 3.05) is 5.32 Å². The lowest BCUT2D eigenvalue weighted by Gasteiger charge is -2.07. The highest BCUT2D eigenvalue weighted by molar-refractivity contribution is 14.1. The maximum atomic E-state index is 13.4. The summed E-state index contributed by atoms with van der Waals surface area (Å²) in [7, 11) is 0. The van der Waals surface area contributed by atoms with E-state index >= 15 is 0 Å². The number of halogens is 3. The fraction of sp³-hybridized carbons (Fsp3) is 0. The first kappa shape index (κ1) is 12.9. The Balaban J connectivity index is 2.28. The van der Waals surface area contributed by atoms with E-state index in [1.807, 2.05) is 28.7 Å². The number of benzene rings is 1. The van der Waals surface area contributed by atoms with Gasteiger partial charge in [-0.25, -0.2) is 9.37 Å². The molecule has 0 aliphatic rings. The zero-order chi connectivity index (χ0) is 13.1. The van der Waals surface area contributed by atoms with Gasteiger partial charge in [-0.3, -0.25) is 4.79 Å². The topological polar surface area (TPSA) is 42.0 Å². The minimum absolute atomic E-state index is 0.373. The highest BCUT2D eigenvalue weighted by Gasteiger charge is 2.16. The third kappa shape index (κ3) is 2.63. The molecule has 0 atom stereocenters. The Bertz CT molecular complexity index is 604. The van der Waals surface area contributed by atoms with Crippen molar-refractivity contribution >= 4 is 34.2 Å². The molecule has 92 valence electrons. The number of nitrogens with zero attached hydrogens (tertiary/aromatic N) is 1. The van der Waals surface area contributed by atoms with Crippen LogP contribution in [-0.4, -0.2) is 10.9 Å². The van der Waals surface area contributed by atoms with Crippen molar-refractivity contribution in [2.24, 2.45) is 0 Å². The van der Waals surface area contributed by atoms with Crippen LogP contribution in [0, 0.1) is 15.3 Å². The van der Waals surface area contributed by atoms with Crippen LogP contribution in [0.1, 0.15) is 10.4 Å². The molecular weight excluding hydrogens is 353 g/mol. The summed E-state index contributed by atoms with van der Waals surface area (Å²) in [5, 5.41) is 2.51. The van der Waals surface area contributed by atoms with E-state index in [0.717, 1.165) is 15.8 Å². The highest BCUT2D eigenvalue weighted by Crippen LogP contribution is 2.18. The average molecular weight is 360 g/mol. The van der Waals surface area contributed by atoms with E-state index in [0.29, 0.717) is 5.69 Å². The largest absolute Gasteiger partial charge is 0.321 e. The summed E-state index contributed by atoms with van der Waals surface area (Å²) in [5.74, 6) is -3.25. The molecule has 0 saturated carbocycles. The average Bonchev–Trinajstić information content (AvgIpc) is 2.35. The number of carbonyl (C=O) groups excluding carboxylic acids is 1. The van der Waals surface area contributed by atoms with Crippen molar-refractivity contribution in [2.45, 2.75) is 0 Å². The lowest BCUT2D eigenvalue weighted by Crippen LogP contribution is -2.15. The first-order valence-corrected chi connectivity index (χ1v) is 6.03. The maximum Gasteiger partial charge on any atom is 0.258 e. The Morgan fingerprint density at radius 2 is 1.94 bits per heavy atom. The van der Waals surface area contributed by atoms with Crippen molar-refractivity contribution in [3.63, 3.8) is 0 Å². The number of aromatic nitrogens is 1. The number of anilines is 1. The number of nitrogens with one attached hydrogen (secondary N) is 1. The van der Waals surface area contributed by atoms with Gasteiger partial charge in [0.05, 0.1) is 11.3 Å². The van der Waals surface area contributed by atoms with Crippen molar-refractivity contribution < 1.29 is 13.6 Å². The van der Waals surface area contributed by atoms with Gasteiger partial charge in [-0.05, 0) is 40.8 Å². The summed E-state index contributed by atoms with van der Waals surface area (Å²) < 4.78 is 27.0. The lowest BCUT2D eigenvalue weighted by molar-refractivity contribution is 0.102.